The van der Waals surface area contributed by atoms with Crippen LogP contribution in [0.25, 0.3) is 0 Å². The first-order valence-corrected chi connectivity index (χ1v) is 5.78. The van der Waals surface area contributed by atoms with Gasteiger partial charge in [-0.15, -0.1) is 6.42 Å². The van der Waals surface area contributed by atoms with E-state index in [1.165, 1.54) is 6.92 Å². The third kappa shape index (κ3) is 1.96. The van der Waals surface area contributed by atoms with E-state index in [4.69, 9.17) is 16.3 Å². The summed E-state index contributed by atoms with van der Waals surface area (Å²) in [5.74, 6) is 1.76. The maximum Gasteiger partial charge on any atom is 0.330 e. The second kappa shape index (κ2) is 4.86. The van der Waals surface area contributed by atoms with Crippen LogP contribution in [0.15, 0.2) is 15.8 Å². The van der Waals surface area contributed by atoms with E-state index in [1.807, 2.05) is 4.98 Å². The molecule has 1 aromatic heterocycles. The number of aliphatic hydroxyl groups excluding tert-OH is 2. The molecule has 1 aromatic rings. The maximum atomic E-state index is 14.7. The summed E-state index contributed by atoms with van der Waals surface area (Å²) in [5.41, 5.74) is -4.08. The van der Waals surface area contributed by atoms with Gasteiger partial charge in [-0.05, 0) is 6.92 Å². The van der Waals surface area contributed by atoms with Crippen molar-refractivity contribution in [3.63, 3.8) is 0 Å². The van der Waals surface area contributed by atoms with Gasteiger partial charge in [0.15, 0.2) is 6.23 Å². The molecule has 0 aromatic carbocycles. The summed E-state index contributed by atoms with van der Waals surface area (Å²) in [7, 11) is 0. The Kier molecular flexibility index (Phi) is 3.52. The number of alkyl halides is 1. The summed E-state index contributed by atoms with van der Waals surface area (Å²) < 4.78 is 20.5. The first-order valence-electron chi connectivity index (χ1n) is 5.78. The van der Waals surface area contributed by atoms with E-state index in [0.717, 1.165) is 10.8 Å². The molecule has 1 aliphatic heterocycles. The number of ether oxygens (including phenoxy) is 1. The summed E-state index contributed by atoms with van der Waals surface area (Å²) in [6, 6.07) is 0. The quantitative estimate of drug-likeness (QED) is 0.570. The lowest BCUT2D eigenvalue weighted by molar-refractivity contribution is -0.0544. The Hall–Kier alpha value is -1.95. The Bertz CT molecular complexity index is 676. The molecule has 0 unspecified atom stereocenters. The molecular weight excluding hydrogens is 271 g/mol. The zero-order valence-electron chi connectivity index (χ0n) is 10.5. The number of nitrogens with zero attached hydrogens (tertiary/aromatic N) is 1. The van der Waals surface area contributed by atoms with Crippen molar-refractivity contribution >= 4 is 0 Å². The third-order valence-corrected chi connectivity index (χ3v) is 3.25. The van der Waals surface area contributed by atoms with Crippen LogP contribution in [0.4, 0.5) is 4.39 Å². The molecular formula is C12H13FN2O5. The van der Waals surface area contributed by atoms with E-state index < -0.39 is 42.0 Å². The average Bonchev–Trinajstić information content (AvgIpc) is 2.67. The number of halogens is 1. The molecule has 2 heterocycles. The number of terminal acetylenes is 1. The molecule has 7 nitrogen and oxygen atoms in total. The van der Waals surface area contributed by atoms with Crippen LogP contribution in [0.3, 0.4) is 0 Å². The van der Waals surface area contributed by atoms with Gasteiger partial charge in [-0.1, -0.05) is 5.92 Å². The fraction of sp³-hybridized carbons (Fsp3) is 0.500. The Morgan fingerprint density at radius 2 is 2.30 bits per heavy atom. The van der Waals surface area contributed by atoms with Crippen LogP contribution < -0.4 is 11.2 Å². The summed E-state index contributed by atoms with van der Waals surface area (Å²) in [6.07, 6.45) is 1.48. The number of hydrogen-bond acceptors (Lipinski definition) is 5. The fourth-order valence-electron chi connectivity index (χ4n) is 2.08. The van der Waals surface area contributed by atoms with Gasteiger partial charge in [-0.25, -0.2) is 9.18 Å². The van der Waals surface area contributed by atoms with Gasteiger partial charge in [0.1, 0.15) is 12.2 Å². The smallest absolute Gasteiger partial charge is 0.330 e. The van der Waals surface area contributed by atoms with Crippen molar-refractivity contribution in [2.75, 3.05) is 6.61 Å². The van der Waals surface area contributed by atoms with E-state index in [-0.39, 0.29) is 5.56 Å². The molecule has 0 saturated carbocycles. The van der Waals surface area contributed by atoms with E-state index in [0.29, 0.717) is 0 Å². The second-order valence-corrected chi connectivity index (χ2v) is 4.55. The van der Waals surface area contributed by atoms with Crippen LogP contribution in [0, 0.1) is 19.3 Å². The first kappa shape index (κ1) is 14.5. The van der Waals surface area contributed by atoms with Crippen LogP contribution in [-0.4, -0.2) is 44.2 Å². The molecule has 1 saturated heterocycles. The van der Waals surface area contributed by atoms with Crippen LogP contribution in [-0.2, 0) is 4.74 Å². The Balaban J connectivity index is 2.58. The van der Waals surface area contributed by atoms with Crippen molar-refractivity contribution in [3.8, 4) is 12.3 Å². The summed E-state index contributed by atoms with van der Waals surface area (Å²) in [5, 5.41) is 18.8. The molecule has 4 atom stereocenters. The van der Waals surface area contributed by atoms with Crippen LogP contribution >= 0.6 is 0 Å². The molecule has 0 spiro atoms. The zero-order valence-corrected chi connectivity index (χ0v) is 10.5. The van der Waals surface area contributed by atoms with Crippen molar-refractivity contribution in [2.45, 2.75) is 31.0 Å². The number of aromatic nitrogens is 2. The molecule has 0 amide bonds. The van der Waals surface area contributed by atoms with Gasteiger partial charge >= 0.3 is 5.69 Å². The van der Waals surface area contributed by atoms with Gasteiger partial charge in [0.2, 0.25) is 5.67 Å². The molecule has 108 valence electrons. The van der Waals surface area contributed by atoms with Crippen LogP contribution in [0.2, 0.25) is 0 Å². The van der Waals surface area contributed by atoms with E-state index in [9.17, 15) is 19.1 Å². The van der Waals surface area contributed by atoms with Gasteiger partial charge in [-0.2, -0.15) is 0 Å². The number of aromatic amines is 1. The highest BCUT2D eigenvalue weighted by molar-refractivity contribution is 5.20. The summed E-state index contributed by atoms with van der Waals surface area (Å²) in [4.78, 5) is 25.0. The Morgan fingerprint density at radius 1 is 1.65 bits per heavy atom. The minimum atomic E-state index is -2.69. The fourth-order valence-corrected chi connectivity index (χ4v) is 2.08. The summed E-state index contributed by atoms with van der Waals surface area (Å²) >= 11 is 0. The lowest BCUT2D eigenvalue weighted by Crippen LogP contribution is -2.45. The van der Waals surface area contributed by atoms with Gasteiger partial charge < -0.3 is 14.9 Å². The minimum Gasteiger partial charge on any atom is -0.394 e. The number of nitrogens with one attached hydrogen (secondary N) is 1. The largest absolute Gasteiger partial charge is 0.394 e. The minimum absolute atomic E-state index is 0.148. The Morgan fingerprint density at radius 3 is 2.85 bits per heavy atom. The molecule has 20 heavy (non-hydrogen) atoms. The molecule has 2 rings (SSSR count). The normalized spacial score (nSPS) is 33.0. The van der Waals surface area contributed by atoms with E-state index in [2.05, 4.69) is 0 Å². The lowest BCUT2D eigenvalue weighted by Gasteiger charge is -2.23. The molecule has 1 fully saturated rings. The number of H-pyrrole nitrogens is 1. The van der Waals surface area contributed by atoms with Crippen LogP contribution in [0.1, 0.15) is 11.8 Å². The maximum absolute atomic E-state index is 14.7. The van der Waals surface area contributed by atoms with Gasteiger partial charge in [0, 0.05) is 11.8 Å². The predicted molar refractivity (Wildman–Crippen MR) is 65.7 cm³/mol. The highest BCUT2D eigenvalue weighted by Gasteiger charge is 2.57. The molecule has 1 aliphatic rings. The highest BCUT2D eigenvalue weighted by Crippen LogP contribution is 2.40. The number of rotatable bonds is 2. The van der Waals surface area contributed by atoms with Gasteiger partial charge in [-0.3, -0.25) is 14.3 Å². The van der Waals surface area contributed by atoms with Gasteiger partial charge in [0.25, 0.3) is 5.56 Å². The summed E-state index contributed by atoms with van der Waals surface area (Å²) in [6.45, 7) is 0.752. The van der Waals surface area contributed by atoms with Crippen molar-refractivity contribution < 1.29 is 19.3 Å². The van der Waals surface area contributed by atoms with Gasteiger partial charge in [0.05, 0.1) is 6.61 Å². The van der Waals surface area contributed by atoms with Crippen LogP contribution in [0.5, 0.6) is 0 Å². The molecule has 0 radical (unpaired) electrons. The molecule has 0 aliphatic carbocycles. The van der Waals surface area contributed by atoms with Crippen molar-refractivity contribution in [2.24, 2.45) is 0 Å². The average molecular weight is 284 g/mol. The zero-order chi connectivity index (χ0) is 15.1. The number of aliphatic hydroxyl groups is 2. The number of aryl methyl sites for hydroxylation is 1. The van der Waals surface area contributed by atoms with E-state index >= 15 is 0 Å². The van der Waals surface area contributed by atoms with E-state index in [1.54, 1.807) is 5.92 Å². The standard InChI is InChI=1S/C12H13FN2O5/c1-3-12(13)8(17)7(5-16)20-10(12)15-4-6(2)9(18)14-11(15)19/h1,4,7-8,10,16-17H,5H2,2H3,(H,14,18,19)/t7-,8-,10+,12-/m1/s1. The SMILES string of the molecule is C#C[C@@]1(F)[C@H](O)[C@@H](CO)O[C@@H]1n1cc(C)c(=O)[nH]c1=O. The monoisotopic (exact) mass is 284 g/mol. The predicted octanol–water partition coefficient (Wildman–Crippen LogP) is -1.56. The first-order chi connectivity index (χ1) is 9.35. The highest BCUT2D eigenvalue weighted by atomic mass is 19.1. The van der Waals surface area contributed by atoms with Crippen molar-refractivity contribution in [3.05, 3.63) is 32.6 Å². The topological polar surface area (TPSA) is 105 Å². The molecule has 0 bridgehead atoms. The Labute approximate surface area is 112 Å². The van der Waals surface area contributed by atoms with Crippen molar-refractivity contribution in [1.29, 1.82) is 0 Å². The molecule has 8 heteroatoms. The molecule has 3 N–H and O–H groups in total. The number of hydrogen-bond donors (Lipinski definition) is 3. The van der Waals surface area contributed by atoms with Crippen molar-refractivity contribution in [1.82, 2.24) is 9.55 Å². The lowest BCUT2D eigenvalue weighted by atomic mass is 9.97. The second-order valence-electron chi connectivity index (χ2n) is 4.55. The third-order valence-electron chi connectivity index (χ3n) is 3.25.